The van der Waals surface area contributed by atoms with Gasteiger partial charge in [-0.25, -0.2) is 0 Å². The molecule has 1 fully saturated rings. The molecule has 0 aromatic heterocycles. The van der Waals surface area contributed by atoms with Gasteiger partial charge in [0, 0.05) is 4.38 Å². The minimum absolute atomic E-state index is 0.370. The quantitative estimate of drug-likeness (QED) is 0.730. The highest BCUT2D eigenvalue weighted by Gasteiger charge is 2.52. The highest BCUT2D eigenvalue weighted by molar-refractivity contribution is 9.12. The molecule has 0 saturated carbocycles. The average Bonchev–Trinajstić information content (AvgIpc) is 2.58. The fourth-order valence-electron chi connectivity index (χ4n) is 1.77. The standard InChI is InChI=1S/C14H17BBrClO2/c1-13(2)14(3,4)19-15(18-13)12(16)11(17)10-8-6-5-7-9-10/h5-9H,1-4H3/b12-11+. The summed E-state index contributed by atoms with van der Waals surface area (Å²) >= 11 is 9.90. The lowest BCUT2D eigenvalue weighted by atomic mass is 9.88. The Bertz CT molecular complexity index is 483. The van der Waals surface area contributed by atoms with Crippen molar-refractivity contribution in [2.45, 2.75) is 38.9 Å². The first kappa shape index (κ1) is 15.1. The van der Waals surface area contributed by atoms with Gasteiger partial charge in [-0.2, -0.15) is 0 Å². The summed E-state index contributed by atoms with van der Waals surface area (Å²) in [7, 11) is -0.474. The Morgan fingerprint density at radius 3 is 2.00 bits per heavy atom. The van der Waals surface area contributed by atoms with Gasteiger partial charge in [0.1, 0.15) is 0 Å². The Labute approximate surface area is 128 Å². The molecule has 5 heteroatoms. The van der Waals surface area contributed by atoms with Crippen molar-refractivity contribution in [2.75, 3.05) is 0 Å². The van der Waals surface area contributed by atoms with Crippen LogP contribution in [0.15, 0.2) is 34.7 Å². The van der Waals surface area contributed by atoms with E-state index in [1.54, 1.807) is 0 Å². The second kappa shape index (κ2) is 5.25. The molecule has 0 aliphatic carbocycles. The number of halogens is 2. The van der Waals surface area contributed by atoms with Gasteiger partial charge in [-0.05, 0) is 33.3 Å². The molecule has 0 amide bonds. The normalized spacial score (nSPS) is 22.3. The van der Waals surface area contributed by atoms with E-state index in [1.807, 2.05) is 58.0 Å². The molecule has 0 N–H and O–H groups in total. The first-order valence-electron chi connectivity index (χ1n) is 6.21. The van der Waals surface area contributed by atoms with Crippen LogP contribution < -0.4 is 0 Å². The predicted molar refractivity (Wildman–Crippen MR) is 84.2 cm³/mol. The van der Waals surface area contributed by atoms with Gasteiger partial charge in [-0.1, -0.05) is 57.9 Å². The highest BCUT2D eigenvalue weighted by atomic mass is 79.9. The van der Waals surface area contributed by atoms with E-state index < -0.39 is 7.12 Å². The molecule has 0 spiro atoms. The van der Waals surface area contributed by atoms with Crippen LogP contribution in [-0.2, 0) is 9.31 Å². The second-order valence-electron chi connectivity index (χ2n) is 5.62. The number of benzene rings is 1. The van der Waals surface area contributed by atoms with E-state index in [-0.39, 0.29) is 11.2 Å². The summed E-state index contributed by atoms with van der Waals surface area (Å²) in [5.41, 5.74) is 0.195. The predicted octanol–water partition coefficient (Wildman–Crippen LogP) is 4.62. The van der Waals surface area contributed by atoms with Gasteiger partial charge in [0.25, 0.3) is 0 Å². The molecule has 1 aromatic rings. The van der Waals surface area contributed by atoms with Gasteiger partial charge >= 0.3 is 7.12 Å². The second-order valence-corrected chi connectivity index (χ2v) is 6.85. The van der Waals surface area contributed by atoms with E-state index in [1.165, 1.54) is 0 Å². The molecule has 0 unspecified atom stereocenters. The molecule has 1 saturated heterocycles. The van der Waals surface area contributed by atoms with Crippen molar-refractivity contribution < 1.29 is 9.31 Å². The Kier molecular flexibility index (Phi) is 4.17. The van der Waals surface area contributed by atoms with Gasteiger partial charge in [0.15, 0.2) is 0 Å². The topological polar surface area (TPSA) is 18.5 Å². The highest BCUT2D eigenvalue weighted by Crippen LogP contribution is 2.41. The lowest BCUT2D eigenvalue weighted by Gasteiger charge is -2.32. The summed E-state index contributed by atoms with van der Waals surface area (Å²) in [4.78, 5) is 0. The fraction of sp³-hybridized carbons (Fsp3) is 0.429. The van der Waals surface area contributed by atoms with Crippen LogP contribution in [0.4, 0.5) is 0 Å². The minimum Gasteiger partial charge on any atom is -0.399 e. The zero-order chi connectivity index (χ0) is 14.3. The molecule has 19 heavy (non-hydrogen) atoms. The maximum absolute atomic E-state index is 6.40. The molecule has 1 aliphatic heterocycles. The van der Waals surface area contributed by atoms with E-state index in [2.05, 4.69) is 15.9 Å². The van der Waals surface area contributed by atoms with Crippen LogP contribution in [0.2, 0.25) is 0 Å². The SMILES string of the molecule is CC1(C)OB(/C(Br)=C(\Cl)c2ccccc2)OC1(C)C. The summed E-state index contributed by atoms with van der Waals surface area (Å²) in [5, 5.41) is 0.610. The maximum Gasteiger partial charge on any atom is 0.503 e. The molecule has 0 radical (unpaired) electrons. The number of hydrogen-bond donors (Lipinski definition) is 0. The Morgan fingerprint density at radius 2 is 1.53 bits per heavy atom. The third-order valence-electron chi connectivity index (χ3n) is 3.70. The van der Waals surface area contributed by atoms with Crippen molar-refractivity contribution in [3.8, 4) is 0 Å². The van der Waals surface area contributed by atoms with Crippen LogP contribution in [0, 0.1) is 0 Å². The average molecular weight is 343 g/mol. The molecular weight excluding hydrogens is 326 g/mol. The molecule has 102 valence electrons. The van der Waals surface area contributed by atoms with Gasteiger partial charge in [-0.15, -0.1) is 0 Å². The lowest BCUT2D eigenvalue weighted by Crippen LogP contribution is -2.41. The molecule has 1 aliphatic rings. The summed E-state index contributed by atoms with van der Waals surface area (Å²) in [6.45, 7) is 8.07. The zero-order valence-corrected chi connectivity index (χ0v) is 13.9. The summed E-state index contributed by atoms with van der Waals surface area (Å²) in [5.74, 6) is 0. The van der Waals surface area contributed by atoms with E-state index in [9.17, 15) is 0 Å². The monoisotopic (exact) mass is 342 g/mol. The van der Waals surface area contributed by atoms with Gasteiger partial charge in [-0.3, -0.25) is 0 Å². The van der Waals surface area contributed by atoms with Gasteiger partial charge < -0.3 is 9.31 Å². The van der Waals surface area contributed by atoms with Crippen molar-refractivity contribution >= 4 is 39.7 Å². The smallest absolute Gasteiger partial charge is 0.399 e. The summed E-state index contributed by atoms with van der Waals surface area (Å²) in [6, 6.07) is 9.75. The third kappa shape index (κ3) is 2.92. The number of hydrogen-bond acceptors (Lipinski definition) is 2. The van der Waals surface area contributed by atoms with Crippen LogP contribution >= 0.6 is 27.5 Å². The van der Waals surface area contributed by atoms with Crippen molar-refractivity contribution in [3.05, 3.63) is 40.3 Å². The summed E-state index contributed by atoms with van der Waals surface area (Å²) in [6.07, 6.45) is 0. The molecule has 1 heterocycles. The molecule has 0 atom stereocenters. The molecule has 1 aromatic carbocycles. The van der Waals surface area contributed by atoms with E-state index in [0.717, 1.165) is 9.95 Å². The van der Waals surface area contributed by atoms with Crippen molar-refractivity contribution in [1.29, 1.82) is 0 Å². The van der Waals surface area contributed by atoms with E-state index >= 15 is 0 Å². The third-order valence-corrected chi connectivity index (χ3v) is 5.12. The van der Waals surface area contributed by atoms with E-state index in [0.29, 0.717) is 5.03 Å². The van der Waals surface area contributed by atoms with Crippen LogP contribution in [-0.4, -0.2) is 18.3 Å². The minimum atomic E-state index is -0.474. The van der Waals surface area contributed by atoms with Crippen LogP contribution in [0.5, 0.6) is 0 Å². The maximum atomic E-state index is 6.40. The lowest BCUT2D eigenvalue weighted by molar-refractivity contribution is 0.00578. The van der Waals surface area contributed by atoms with E-state index in [4.69, 9.17) is 20.9 Å². The zero-order valence-electron chi connectivity index (χ0n) is 11.5. The molecule has 2 rings (SSSR count). The molecular formula is C14H17BBrClO2. The van der Waals surface area contributed by atoms with Crippen LogP contribution in [0.1, 0.15) is 33.3 Å². The van der Waals surface area contributed by atoms with Gasteiger partial charge in [0.2, 0.25) is 0 Å². The Balaban J connectivity index is 2.29. The first-order chi connectivity index (χ1) is 8.74. The molecule has 2 nitrogen and oxygen atoms in total. The van der Waals surface area contributed by atoms with Crippen molar-refractivity contribution in [3.63, 3.8) is 0 Å². The number of rotatable bonds is 2. The van der Waals surface area contributed by atoms with Crippen LogP contribution in [0.25, 0.3) is 5.03 Å². The van der Waals surface area contributed by atoms with Crippen LogP contribution in [0.3, 0.4) is 0 Å². The van der Waals surface area contributed by atoms with Gasteiger partial charge in [0.05, 0.1) is 16.2 Å². The largest absolute Gasteiger partial charge is 0.503 e. The summed E-state index contributed by atoms with van der Waals surface area (Å²) < 4.78 is 12.6. The van der Waals surface area contributed by atoms with Crippen molar-refractivity contribution in [2.24, 2.45) is 0 Å². The fourth-order valence-corrected chi connectivity index (χ4v) is 2.40. The van der Waals surface area contributed by atoms with Crippen molar-refractivity contribution in [1.82, 2.24) is 0 Å². The Morgan fingerprint density at radius 1 is 1.05 bits per heavy atom. The first-order valence-corrected chi connectivity index (χ1v) is 7.38. The Hall–Kier alpha value is -0.285. The molecule has 0 bridgehead atoms.